The third kappa shape index (κ3) is 5.30. The Balaban J connectivity index is 1.60. The van der Waals surface area contributed by atoms with Crippen LogP contribution in [0.3, 0.4) is 0 Å². The molecule has 2 fully saturated rings. The highest BCUT2D eigenvalue weighted by Gasteiger charge is 2.26. The Hall–Kier alpha value is -1.10. The average Bonchev–Trinajstić information content (AvgIpc) is 2.48. The normalized spacial score (nSPS) is 33.4. The van der Waals surface area contributed by atoms with Crippen molar-refractivity contribution in [2.75, 3.05) is 6.54 Å². The van der Waals surface area contributed by atoms with Crippen molar-refractivity contribution in [1.82, 2.24) is 10.6 Å². The molecule has 0 aromatic heterocycles. The van der Waals surface area contributed by atoms with Crippen molar-refractivity contribution >= 4 is 11.9 Å². The fourth-order valence-corrected chi connectivity index (χ4v) is 3.46. The topological polar surface area (TPSA) is 78.4 Å². The van der Waals surface area contributed by atoms with Crippen molar-refractivity contribution in [1.29, 1.82) is 0 Å². The molecule has 1 amide bonds. The molecule has 0 spiro atoms. The van der Waals surface area contributed by atoms with E-state index in [1.54, 1.807) is 0 Å². The summed E-state index contributed by atoms with van der Waals surface area (Å²) in [6.07, 6.45) is 7.74. The predicted molar refractivity (Wildman–Crippen MR) is 80.9 cm³/mol. The fourth-order valence-electron chi connectivity index (χ4n) is 3.46. The van der Waals surface area contributed by atoms with Crippen molar-refractivity contribution in [3.8, 4) is 0 Å². The first-order valence-electron chi connectivity index (χ1n) is 8.30. The lowest BCUT2D eigenvalue weighted by atomic mass is 9.86. The number of nitrogens with one attached hydrogen (secondary N) is 2. The Morgan fingerprint density at radius 2 is 1.52 bits per heavy atom. The van der Waals surface area contributed by atoms with E-state index in [0.29, 0.717) is 12.6 Å². The SMILES string of the molecule is CC1CCC(NC(=O)CNC2CCC(C(=O)O)CC2)CC1. The van der Waals surface area contributed by atoms with E-state index in [1.807, 2.05) is 0 Å². The summed E-state index contributed by atoms with van der Waals surface area (Å²) < 4.78 is 0. The molecule has 2 saturated carbocycles. The van der Waals surface area contributed by atoms with Crippen LogP contribution in [-0.4, -0.2) is 35.6 Å². The van der Waals surface area contributed by atoms with Crippen LogP contribution >= 0.6 is 0 Å². The molecule has 2 rings (SSSR count). The molecule has 0 aliphatic heterocycles. The predicted octanol–water partition coefficient (Wildman–Crippen LogP) is 1.91. The lowest BCUT2D eigenvalue weighted by Gasteiger charge is -2.28. The smallest absolute Gasteiger partial charge is 0.306 e. The number of rotatable bonds is 5. The molecule has 2 aliphatic rings. The van der Waals surface area contributed by atoms with E-state index in [2.05, 4.69) is 17.6 Å². The first-order valence-corrected chi connectivity index (χ1v) is 8.30. The van der Waals surface area contributed by atoms with Gasteiger partial charge in [0.25, 0.3) is 0 Å². The summed E-state index contributed by atoms with van der Waals surface area (Å²) in [5.74, 6) is -0.00515. The molecule has 5 nitrogen and oxygen atoms in total. The van der Waals surface area contributed by atoms with Gasteiger partial charge in [-0.1, -0.05) is 6.92 Å². The molecule has 0 atom stereocenters. The molecule has 0 aromatic carbocycles. The second kappa shape index (κ2) is 7.78. The number of carbonyl (C=O) groups is 2. The molecule has 0 aromatic rings. The molecule has 2 aliphatic carbocycles. The van der Waals surface area contributed by atoms with E-state index in [-0.39, 0.29) is 17.9 Å². The quantitative estimate of drug-likeness (QED) is 0.724. The number of carboxylic acid groups (broad SMARTS) is 1. The standard InChI is InChI=1S/C16H28N2O3/c1-11-2-6-14(7-3-11)18-15(19)10-17-13-8-4-12(5-9-13)16(20)21/h11-14,17H,2-10H2,1H3,(H,18,19)(H,20,21). The van der Waals surface area contributed by atoms with Crippen LogP contribution in [0.15, 0.2) is 0 Å². The molecule has 0 radical (unpaired) electrons. The molecule has 21 heavy (non-hydrogen) atoms. The van der Waals surface area contributed by atoms with E-state index in [9.17, 15) is 9.59 Å². The number of aliphatic carboxylic acids is 1. The summed E-state index contributed by atoms with van der Waals surface area (Å²) >= 11 is 0. The molecular formula is C16H28N2O3. The third-order valence-electron chi connectivity index (χ3n) is 5.01. The van der Waals surface area contributed by atoms with Gasteiger partial charge in [0, 0.05) is 12.1 Å². The van der Waals surface area contributed by atoms with E-state index in [4.69, 9.17) is 5.11 Å². The van der Waals surface area contributed by atoms with E-state index in [1.165, 1.54) is 12.8 Å². The average molecular weight is 296 g/mol. The summed E-state index contributed by atoms with van der Waals surface area (Å²) in [7, 11) is 0. The first kappa shape index (κ1) is 16.3. The van der Waals surface area contributed by atoms with Crippen molar-refractivity contribution in [3.05, 3.63) is 0 Å². The molecular weight excluding hydrogens is 268 g/mol. The third-order valence-corrected chi connectivity index (χ3v) is 5.01. The monoisotopic (exact) mass is 296 g/mol. The molecule has 0 bridgehead atoms. The highest BCUT2D eigenvalue weighted by Crippen LogP contribution is 2.25. The van der Waals surface area contributed by atoms with Gasteiger partial charge in [-0.3, -0.25) is 9.59 Å². The van der Waals surface area contributed by atoms with Gasteiger partial charge in [0.15, 0.2) is 0 Å². The summed E-state index contributed by atoms with van der Waals surface area (Å²) in [4.78, 5) is 22.8. The van der Waals surface area contributed by atoms with Gasteiger partial charge in [0.2, 0.25) is 5.91 Å². The number of hydrogen-bond donors (Lipinski definition) is 3. The van der Waals surface area contributed by atoms with Gasteiger partial charge in [-0.2, -0.15) is 0 Å². The van der Waals surface area contributed by atoms with Crippen molar-refractivity contribution in [2.24, 2.45) is 11.8 Å². The zero-order chi connectivity index (χ0) is 15.2. The fraction of sp³-hybridized carbons (Fsp3) is 0.875. The Kier molecular flexibility index (Phi) is 6.03. The minimum Gasteiger partial charge on any atom is -0.481 e. The van der Waals surface area contributed by atoms with Gasteiger partial charge in [-0.05, 0) is 57.3 Å². The van der Waals surface area contributed by atoms with Gasteiger partial charge >= 0.3 is 5.97 Å². The van der Waals surface area contributed by atoms with Crippen molar-refractivity contribution in [2.45, 2.75) is 70.4 Å². The molecule has 0 heterocycles. The second-order valence-corrected chi connectivity index (χ2v) is 6.79. The molecule has 5 heteroatoms. The Labute approximate surface area is 126 Å². The maximum absolute atomic E-state index is 11.9. The first-order chi connectivity index (χ1) is 10.0. The van der Waals surface area contributed by atoms with E-state index >= 15 is 0 Å². The highest BCUT2D eigenvalue weighted by atomic mass is 16.4. The van der Waals surface area contributed by atoms with E-state index in [0.717, 1.165) is 44.4 Å². The zero-order valence-corrected chi connectivity index (χ0v) is 12.9. The lowest BCUT2D eigenvalue weighted by molar-refractivity contribution is -0.143. The van der Waals surface area contributed by atoms with Gasteiger partial charge < -0.3 is 15.7 Å². The van der Waals surface area contributed by atoms with Gasteiger partial charge in [0.1, 0.15) is 0 Å². The minimum atomic E-state index is -0.683. The minimum absolute atomic E-state index is 0.0786. The largest absolute Gasteiger partial charge is 0.481 e. The number of carboxylic acids is 1. The number of hydrogen-bond acceptors (Lipinski definition) is 3. The van der Waals surface area contributed by atoms with Crippen LogP contribution in [-0.2, 0) is 9.59 Å². The summed E-state index contributed by atoms with van der Waals surface area (Å²) in [6.45, 7) is 2.63. The van der Waals surface area contributed by atoms with Crippen LogP contribution in [0, 0.1) is 11.8 Å². The van der Waals surface area contributed by atoms with Crippen LogP contribution in [0.5, 0.6) is 0 Å². The molecule has 0 unspecified atom stereocenters. The van der Waals surface area contributed by atoms with Crippen LogP contribution < -0.4 is 10.6 Å². The van der Waals surface area contributed by atoms with Crippen molar-refractivity contribution < 1.29 is 14.7 Å². The maximum Gasteiger partial charge on any atom is 0.306 e. The van der Waals surface area contributed by atoms with Crippen LogP contribution in [0.2, 0.25) is 0 Å². The Morgan fingerprint density at radius 3 is 2.10 bits per heavy atom. The summed E-state index contributed by atoms with van der Waals surface area (Å²) in [5.41, 5.74) is 0. The van der Waals surface area contributed by atoms with Crippen LogP contribution in [0.4, 0.5) is 0 Å². The van der Waals surface area contributed by atoms with Gasteiger partial charge in [-0.15, -0.1) is 0 Å². The summed E-state index contributed by atoms with van der Waals surface area (Å²) in [6, 6.07) is 0.635. The summed E-state index contributed by atoms with van der Waals surface area (Å²) in [5, 5.41) is 15.3. The Morgan fingerprint density at radius 1 is 0.952 bits per heavy atom. The van der Waals surface area contributed by atoms with Crippen LogP contribution in [0.1, 0.15) is 58.3 Å². The molecule has 120 valence electrons. The number of carbonyl (C=O) groups excluding carboxylic acids is 1. The maximum atomic E-state index is 11.9. The molecule has 3 N–H and O–H groups in total. The van der Waals surface area contributed by atoms with Gasteiger partial charge in [-0.25, -0.2) is 0 Å². The lowest BCUT2D eigenvalue weighted by Crippen LogP contribution is -2.45. The molecule has 0 saturated heterocycles. The number of amides is 1. The highest BCUT2D eigenvalue weighted by molar-refractivity contribution is 5.78. The van der Waals surface area contributed by atoms with Crippen LogP contribution in [0.25, 0.3) is 0 Å². The van der Waals surface area contributed by atoms with Gasteiger partial charge in [0.05, 0.1) is 12.5 Å². The second-order valence-electron chi connectivity index (χ2n) is 6.79. The van der Waals surface area contributed by atoms with Crippen molar-refractivity contribution in [3.63, 3.8) is 0 Å². The zero-order valence-electron chi connectivity index (χ0n) is 12.9. The van der Waals surface area contributed by atoms with E-state index < -0.39 is 5.97 Å². The Bertz CT molecular complexity index is 357.